The molecule has 0 bridgehead atoms. The van der Waals surface area contributed by atoms with Crippen molar-refractivity contribution in [2.75, 3.05) is 26.2 Å². The van der Waals surface area contributed by atoms with Gasteiger partial charge in [0.2, 0.25) is 0 Å². The molecule has 0 radical (unpaired) electrons. The standard InChI is InChI=1S/C34H39FN6O4/c1-22(2)39-16-14-38(15-17-39)21-23-6-8-24(9-7-23)25-4-3-5-29(18-25)40-31-30(19-26(35)20-36-31)32(42)41(34(40)45)28-12-10-27(11-13-28)37-33(43)44/h3-9,18-20,22,27-28,37H,10-17,21H2,1-2H3,(H,43,44). The highest BCUT2D eigenvalue weighted by molar-refractivity contribution is 5.76. The van der Waals surface area contributed by atoms with Gasteiger partial charge in [0.1, 0.15) is 5.82 Å². The van der Waals surface area contributed by atoms with Crippen LogP contribution in [0.1, 0.15) is 51.1 Å². The SMILES string of the molecule is CC(C)N1CCN(Cc2ccc(-c3cccc(-n4c(=O)n(C5CCC(NC(=O)O)CC5)c(=O)c5cc(F)cnc54)c3)cc2)CC1. The first-order chi connectivity index (χ1) is 21.7. The van der Waals surface area contributed by atoms with E-state index in [0.29, 0.717) is 37.4 Å². The second-order valence-electron chi connectivity index (χ2n) is 12.4. The summed E-state index contributed by atoms with van der Waals surface area (Å²) in [5.74, 6) is -0.665. The van der Waals surface area contributed by atoms with Crippen LogP contribution in [0, 0.1) is 5.82 Å². The predicted octanol–water partition coefficient (Wildman–Crippen LogP) is 4.63. The molecule has 10 nitrogen and oxygen atoms in total. The second kappa shape index (κ2) is 12.9. The summed E-state index contributed by atoms with van der Waals surface area (Å²) in [6.45, 7) is 9.63. The summed E-state index contributed by atoms with van der Waals surface area (Å²) >= 11 is 0. The zero-order valence-corrected chi connectivity index (χ0v) is 25.7. The van der Waals surface area contributed by atoms with Gasteiger partial charge in [-0.3, -0.25) is 19.2 Å². The van der Waals surface area contributed by atoms with Gasteiger partial charge in [-0.05, 0) is 74.4 Å². The van der Waals surface area contributed by atoms with Crippen molar-refractivity contribution < 1.29 is 14.3 Å². The topological polar surface area (TPSA) is 113 Å². The van der Waals surface area contributed by atoms with E-state index in [1.54, 1.807) is 6.07 Å². The third-order valence-electron chi connectivity index (χ3n) is 9.22. The minimum absolute atomic E-state index is 0.0179. The van der Waals surface area contributed by atoms with Crippen molar-refractivity contribution >= 4 is 17.1 Å². The van der Waals surface area contributed by atoms with Crippen LogP contribution >= 0.6 is 0 Å². The Morgan fingerprint density at radius 3 is 2.36 bits per heavy atom. The average Bonchev–Trinajstić information content (AvgIpc) is 3.03. The lowest BCUT2D eigenvalue weighted by Gasteiger charge is -2.36. The van der Waals surface area contributed by atoms with Crippen LogP contribution in [-0.2, 0) is 6.54 Å². The molecule has 3 heterocycles. The molecule has 1 aliphatic carbocycles. The summed E-state index contributed by atoms with van der Waals surface area (Å²) in [6.07, 6.45) is 1.77. The molecule has 0 spiro atoms. The number of nitrogens with one attached hydrogen (secondary N) is 1. The maximum Gasteiger partial charge on any atom is 0.404 e. The van der Waals surface area contributed by atoms with Crippen LogP contribution in [0.2, 0.25) is 0 Å². The van der Waals surface area contributed by atoms with E-state index in [0.717, 1.165) is 56.1 Å². The predicted molar refractivity (Wildman–Crippen MR) is 171 cm³/mol. The lowest BCUT2D eigenvalue weighted by Crippen LogP contribution is -2.48. The number of rotatable bonds is 7. The largest absolute Gasteiger partial charge is 0.465 e. The molecule has 2 aromatic heterocycles. The van der Waals surface area contributed by atoms with E-state index < -0.39 is 29.2 Å². The zero-order chi connectivity index (χ0) is 31.7. The monoisotopic (exact) mass is 614 g/mol. The average molecular weight is 615 g/mol. The molecule has 1 aliphatic heterocycles. The molecule has 1 saturated carbocycles. The number of pyridine rings is 1. The highest BCUT2D eigenvalue weighted by atomic mass is 19.1. The van der Waals surface area contributed by atoms with Gasteiger partial charge >= 0.3 is 11.8 Å². The lowest BCUT2D eigenvalue weighted by molar-refractivity contribution is 0.104. The number of fused-ring (bicyclic) bond motifs is 1. The Balaban J connectivity index is 1.30. The fraction of sp³-hybridized carbons (Fsp3) is 0.412. The first-order valence-electron chi connectivity index (χ1n) is 15.7. The number of benzene rings is 2. The Morgan fingerprint density at radius 1 is 0.978 bits per heavy atom. The number of carbonyl (C=O) groups is 1. The molecule has 1 saturated heterocycles. The molecular formula is C34H39FN6O4. The first kappa shape index (κ1) is 30.7. The normalized spacial score (nSPS) is 19.6. The maximum atomic E-state index is 14.3. The van der Waals surface area contributed by atoms with E-state index >= 15 is 0 Å². The van der Waals surface area contributed by atoms with Crippen LogP contribution in [-0.4, -0.2) is 73.4 Å². The van der Waals surface area contributed by atoms with Gasteiger partial charge in [-0.25, -0.2) is 23.5 Å². The Kier molecular flexibility index (Phi) is 8.82. The Bertz CT molecular complexity index is 1800. The quantitative estimate of drug-likeness (QED) is 0.312. The minimum atomic E-state index is -1.10. The third kappa shape index (κ3) is 6.55. The summed E-state index contributed by atoms with van der Waals surface area (Å²) < 4.78 is 16.9. The molecular weight excluding hydrogens is 575 g/mol. The number of piperazine rings is 1. The van der Waals surface area contributed by atoms with Crippen molar-refractivity contribution in [3.05, 3.63) is 93.0 Å². The maximum absolute atomic E-state index is 14.3. The van der Waals surface area contributed by atoms with E-state index in [1.165, 1.54) is 14.7 Å². The molecule has 4 aromatic rings. The Hall–Kier alpha value is -4.35. The number of hydrogen-bond acceptors (Lipinski definition) is 6. The van der Waals surface area contributed by atoms with Gasteiger partial charge in [0, 0.05) is 50.8 Å². The van der Waals surface area contributed by atoms with Crippen molar-refractivity contribution in [2.45, 2.75) is 64.2 Å². The Morgan fingerprint density at radius 2 is 1.69 bits per heavy atom. The molecule has 6 rings (SSSR count). The highest BCUT2D eigenvalue weighted by Gasteiger charge is 2.28. The van der Waals surface area contributed by atoms with Crippen molar-refractivity contribution in [1.82, 2.24) is 29.2 Å². The fourth-order valence-electron chi connectivity index (χ4n) is 6.71. The molecule has 236 valence electrons. The summed E-state index contributed by atoms with van der Waals surface area (Å²) in [5.41, 5.74) is 2.58. The molecule has 2 fully saturated rings. The number of nitrogens with zero attached hydrogens (tertiary/aromatic N) is 5. The van der Waals surface area contributed by atoms with E-state index in [9.17, 15) is 18.8 Å². The van der Waals surface area contributed by atoms with Crippen LogP contribution in [0.3, 0.4) is 0 Å². The van der Waals surface area contributed by atoms with Gasteiger partial charge in [-0.2, -0.15) is 0 Å². The number of amides is 1. The number of hydrogen-bond donors (Lipinski definition) is 2. The minimum Gasteiger partial charge on any atom is -0.465 e. The number of carboxylic acid groups (broad SMARTS) is 1. The van der Waals surface area contributed by atoms with Gasteiger partial charge in [0.15, 0.2) is 5.65 Å². The van der Waals surface area contributed by atoms with Crippen LogP contribution in [0.5, 0.6) is 0 Å². The summed E-state index contributed by atoms with van der Waals surface area (Å²) in [6, 6.07) is 16.9. The molecule has 0 atom stereocenters. The highest BCUT2D eigenvalue weighted by Crippen LogP contribution is 2.28. The zero-order valence-electron chi connectivity index (χ0n) is 25.7. The molecule has 2 N–H and O–H groups in total. The van der Waals surface area contributed by atoms with Gasteiger partial charge in [-0.1, -0.05) is 36.4 Å². The molecule has 2 aliphatic rings. The van der Waals surface area contributed by atoms with Crippen molar-refractivity contribution in [2.24, 2.45) is 0 Å². The van der Waals surface area contributed by atoms with Gasteiger partial charge < -0.3 is 10.4 Å². The van der Waals surface area contributed by atoms with E-state index in [2.05, 4.69) is 58.2 Å². The summed E-state index contributed by atoms with van der Waals surface area (Å²) in [5, 5.41) is 11.6. The van der Waals surface area contributed by atoms with Gasteiger partial charge in [0.05, 0.1) is 17.3 Å². The van der Waals surface area contributed by atoms with E-state index in [4.69, 9.17) is 5.11 Å². The molecule has 11 heteroatoms. The van der Waals surface area contributed by atoms with Crippen LogP contribution in [0.15, 0.2) is 70.4 Å². The van der Waals surface area contributed by atoms with E-state index in [-0.39, 0.29) is 17.1 Å². The number of halogens is 1. The molecule has 45 heavy (non-hydrogen) atoms. The van der Waals surface area contributed by atoms with E-state index in [1.807, 2.05) is 18.2 Å². The molecule has 0 unspecified atom stereocenters. The fourth-order valence-corrected chi connectivity index (χ4v) is 6.71. The Labute approximate surface area is 260 Å². The van der Waals surface area contributed by atoms with Gasteiger partial charge in [-0.15, -0.1) is 0 Å². The van der Waals surface area contributed by atoms with Crippen LogP contribution in [0.4, 0.5) is 9.18 Å². The van der Waals surface area contributed by atoms with Crippen molar-refractivity contribution in [1.29, 1.82) is 0 Å². The summed E-state index contributed by atoms with van der Waals surface area (Å²) in [4.78, 5) is 47.9. The van der Waals surface area contributed by atoms with Crippen LogP contribution < -0.4 is 16.6 Å². The summed E-state index contributed by atoms with van der Waals surface area (Å²) in [7, 11) is 0. The molecule has 2 aromatic carbocycles. The van der Waals surface area contributed by atoms with Crippen LogP contribution in [0.25, 0.3) is 27.8 Å². The van der Waals surface area contributed by atoms with Gasteiger partial charge in [0.25, 0.3) is 5.56 Å². The number of aromatic nitrogens is 3. The third-order valence-corrected chi connectivity index (χ3v) is 9.22. The smallest absolute Gasteiger partial charge is 0.404 e. The first-order valence-corrected chi connectivity index (χ1v) is 15.7. The lowest BCUT2D eigenvalue weighted by atomic mass is 9.91. The molecule has 1 amide bonds. The second-order valence-corrected chi connectivity index (χ2v) is 12.4. The van der Waals surface area contributed by atoms with Crippen molar-refractivity contribution in [3.63, 3.8) is 0 Å². The van der Waals surface area contributed by atoms with Crippen molar-refractivity contribution in [3.8, 4) is 16.8 Å².